The molecule has 1 heterocycles. The van der Waals surface area contributed by atoms with Crippen molar-refractivity contribution in [1.82, 2.24) is 4.98 Å². The van der Waals surface area contributed by atoms with Crippen LogP contribution in [-0.2, 0) is 0 Å². The number of aliphatic hydroxyl groups excluding tert-OH is 1. The minimum atomic E-state index is -0.649. The molecule has 0 fully saturated rings. The van der Waals surface area contributed by atoms with Crippen LogP contribution < -0.4 is 4.74 Å². The van der Waals surface area contributed by atoms with Crippen molar-refractivity contribution in [3.05, 3.63) is 102 Å². The molecule has 4 aromatic rings. The molecule has 0 saturated heterocycles. The van der Waals surface area contributed by atoms with Gasteiger partial charge in [-0.25, -0.2) is 0 Å². The van der Waals surface area contributed by atoms with Gasteiger partial charge < -0.3 is 14.8 Å². The maximum atomic E-state index is 11.2. The Labute approximate surface area is 152 Å². The van der Waals surface area contributed by atoms with E-state index in [-0.39, 0.29) is 5.92 Å². The smallest absolute Gasteiger partial charge is 0.119 e. The number of methoxy groups -OCH3 is 1. The highest BCUT2D eigenvalue weighted by molar-refractivity contribution is 5.85. The van der Waals surface area contributed by atoms with Crippen LogP contribution >= 0.6 is 0 Å². The van der Waals surface area contributed by atoms with E-state index in [0.29, 0.717) is 0 Å². The summed E-state index contributed by atoms with van der Waals surface area (Å²) in [5.41, 5.74) is 4.06. The van der Waals surface area contributed by atoms with E-state index in [2.05, 4.69) is 17.1 Å². The molecule has 0 bridgehead atoms. The summed E-state index contributed by atoms with van der Waals surface area (Å²) in [4.78, 5) is 3.33. The first-order valence-electron chi connectivity index (χ1n) is 8.71. The third-order valence-electron chi connectivity index (χ3n) is 4.87. The van der Waals surface area contributed by atoms with Crippen LogP contribution in [0.4, 0.5) is 0 Å². The van der Waals surface area contributed by atoms with Gasteiger partial charge in [0.2, 0.25) is 0 Å². The maximum absolute atomic E-state index is 11.2. The van der Waals surface area contributed by atoms with Gasteiger partial charge in [0.1, 0.15) is 5.75 Å². The van der Waals surface area contributed by atoms with Crippen molar-refractivity contribution in [1.29, 1.82) is 0 Å². The Morgan fingerprint density at radius 3 is 2.15 bits per heavy atom. The Hall–Kier alpha value is -3.04. The van der Waals surface area contributed by atoms with E-state index in [1.54, 1.807) is 7.11 Å². The van der Waals surface area contributed by atoms with Crippen LogP contribution in [-0.4, -0.2) is 17.2 Å². The van der Waals surface area contributed by atoms with Gasteiger partial charge in [0.05, 0.1) is 13.2 Å². The van der Waals surface area contributed by atoms with Crippen molar-refractivity contribution >= 4 is 10.9 Å². The molecule has 2 N–H and O–H groups in total. The highest BCUT2D eigenvalue weighted by Crippen LogP contribution is 2.40. The average Bonchev–Trinajstić information content (AvgIpc) is 3.12. The number of hydrogen-bond donors (Lipinski definition) is 2. The molecule has 0 unspecified atom stereocenters. The van der Waals surface area contributed by atoms with Gasteiger partial charge in [0.15, 0.2) is 0 Å². The zero-order chi connectivity index (χ0) is 17.9. The second-order valence-electron chi connectivity index (χ2n) is 6.40. The molecular weight excluding hydrogens is 322 g/mol. The minimum absolute atomic E-state index is 0.181. The van der Waals surface area contributed by atoms with Gasteiger partial charge in [-0.1, -0.05) is 60.7 Å². The quantitative estimate of drug-likeness (QED) is 0.533. The molecule has 3 heteroatoms. The van der Waals surface area contributed by atoms with Crippen LogP contribution in [0, 0.1) is 0 Å². The number of fused-ring (bicyclic) bond motifs is 1. The van der Waals surface area contributed by atoms with Gasteiger partial charge in [-0.2, -0.15) is 0 Å². The van der Waals surface area contributed by atoms with Crippen LogP contribution in [0.15, 0.2) is 85.1 Å². The number of aliphatic hydroxyl groups is 1. The van der Waals surface area contributed by atoms with E-state index in [1.165, 1.54) is 0 Å². The molecule has 0 aliphatic carbocycles. The number of aromatic amines is 1. The number of hydrogen-bond acceptors (Lipinski definition) is 2. The van der Waals surface area contributed by atoms with E-state index in [4.69, 9.17) is 4.74 Å². The minimum Gasteiger partial charge on any atom is -0.497 e. The van der Waals surface area contributed by atoms with Crippen molar-refractivity contribution in [2.75, 3.05) is 7.11 Å². The fraction of sp³-hybridized carbons (Fsp3) is 0.130. The van der Waals surface area contributed by atoms with E-state index in [0.717, 1.165) is 33.3 Å². The van der Waals surface area contributed by atoms with Gasteiger partial charge in [-0.3, -0.25) is 0 Å². The van der Waals surface area contributed by atoms with Crippen LogP contribution in [0.3, 0.4) is 0 Å². The van der Waals surface area contributed by atoms with Gasteiger partial charge in [0.25, 0.3) is 0 Å². The lowest BCUT2D eigenvalue weighted by Gasteiger charge is -2.24. The first-order valence-corrected chi connectivity index (χ1v) is 8.71. The predicted molar refractivity (Wildman–Crippen MR) is 105 cm³/mol. The Morgan fingerprint density at radius 2 is 1.50 bits per heavy atom. The first-order chi connectivity index (χ1) is 12.8. The summed E-state index contributed by atoms with van der Waals surface area (Å²) in [5, 5.41) is 12.3. The van der Waals surface area contributed by atoms with Gasteiger partial charge in [-0.05, 0) is 34.9 Å². The summed E-state index contributed by atoms with van der Waals surface area (Å²) < 4.78 is 5.40. The van der Waals surface area contributed by atoms with Crippen LogP contribution in [0.5, 0.6) is 5.75 Å². The molecule has 1 aromatic heterocycles. The molecule has 0 radical (unpaired) electrons. The standard InChI is InChI=1S/C23H21NO2/c1-26-18-12-13-21-19(14-18)20(15-24-21)22(16-8-4-2-5-9-16)23(25)17-10-6-3-7-11-17/h2-15,22-25H,1H3/t22-,23-/m0/s1. The lowest BCUT2D eigenvalue weighted by Crippen LogP contribution is -2.12. The number of rotatable bonds is 5. The molecule has 130 valence electrons. The van der Waals surface area contributed by atoms with Crippen molar-refractivity contribution in [3.63, 3.8) is 0 Å². The zero-order valence-corrected chi connectivity index (χ0v) is 14.6. The molecule has 3 nitrogen and oxygen atoms in total. The third-order valence-corrected chi connectivity index (χ3v) is 4.87. The summed E-state index contributed by atoms with van der Waals surface area (Å²) >= 11 is 0. The predicted octanol–water partition coefficient (Wildman–Crippen LogP) is 5.04. The van der Waals surface area contributed by atoms with E-state index in [1.807, 2.05) is 72.9 Å². The van der Waals surface area contributed by atoms with Gasteiger partial charge in [0, 0.05) is 23.0 Å². The third kappa shape index (κ3) is 2.98. The van der Waals surface area contributed by atoms with Crippen molar-refractivity contribution in [2.45, 2.75) is 12.0 Å². The molecule has 2 atom stereocenters. The summed E-state index contributed by atoms with van der Waals surface area (Å²) in [6, 6.07) is 25.9. The number of benzene rings is 3. The van der Waals surface area contributed by atoms with Crippen LogP contribution in [0.2, 0.25) is 0 Å². The molecule has 3 aromatic carbocycles. The molecule has 0 aliphatic rings. The Kier molecular flexibility index (Phi) is 4.46. The fourth-order valence-electron chi connectivity index (χ4n) is 3.54. The van der Waals surface area contributed by atoms with E-state index in [9.17, 15) is 5.11 Å². The lowest BCUT2D eigenvalue weighted by molar-refractivity contribution is 0.159. The molecular formula is C23H21NO2. The summed E-state index contributed by atoms with van der Waals surface area (Å²) in [7, 11) is 1.67. The van der Waals surface area contributed by atoms with Crippen molar-refractivity contribution in [3.8, 4) is 5.75 Å². The molecule has 0 spiro atoms. The zero-order valence-electron chi connectivity index (χ0n) is 14.6. The highest BCUT2D eigenvalue weighted by Gasteiger charge is 2.27. The largest absolute Gasteiger partial charge is 0.497 e. The normalized spacial score (nSPS) is 13.5. The van der Waals surface area contributed by atoms with Gasteiger partial charge in [-0.15, -0.1) is 0 Å². The first kappa shape index (κ1) is 16.4. The Bertz CT molecular complexity index is 993. The van der Waals surface area contributed by atoms with Crippen LogP contribution in [0.25, 0.3) is 10.9 Å². The lowest BCUT2D eigenvalue weighted by atomic mass is 9.83. The van der Waals surface area contributed by atoms with E-state index < -0.39 is 6.10 Å². The topological polar surface area (TPSA) is 45.2 Å². The molecule has 26 heavy (non-hydrogen) atoms. The van der Waals surface area contributed by atoms with Crippen LogP contribution in [0.1, 0.15) is 28.7 Å². The Morgan fingerprint density at radius 1 is 0.846 bits per heavy atom. The average molecular weight is 343 g/mol. The fourth-order valence-corrected chi connectivity index (χ4v) is 3.54. The van der Waals surface area contributed by atoms with Crippen molar-refractivity contribution < 1.29 is 9.84 Å². The highest BCUT2D eigenvalue weighted by atomic mass is 16.5. The number of nitrogens with one attached hydrogen (secondary N) is 1. The van der Waals surface area contributed by atoms with Gasteiger partial charge >= 0.3 is 0 Å². The Balaban J connectivity index is 1.89. The maximum Gasteiger partial charge on any atom is 0.119 e. The molecule has 0 amide bonds. The number of H-pyrrole nitrogens is 1. The summed E-state index contributed by atoms with van der Waals surface area (Å²) in [5.74, 6) is 0.624. The monoisotopic (exact) mass is 343 g/mol. The second-order valence-corrected chi connectivity index (χ2v) is 6.40. The summed E-state index contributed by atoms with van der Waals surface area (Å²) in [6.45, 7) is 0. The SMILES string of the molecule is COc1ccc2[nH]cc([C@H](c3ccccc3)[C@@H](O)c3ccccc3)c2c1. The summed E-state index contributed by atoms with van der Waals surface area (Å²) in [6.07, 6.45) is 1.34. The molecule has 0 saturated carbocycles. The molecule has 4 rings (SSSR count). The van der Waals surface area contributed by atoms with E-state index >= 15 is 0 Å². The number of aromatic nitrogens is 1. The van der Waals surface area contributed by atoms with Crippen molar-refractivity contribution in [2.24, 2.45) is 0 Å². The molecule has 0 aliphatic heterocycles. The number of ether oxygens (including phenoxy) is 1. The second kappa shape index (κ2) is 7.06.